The number of nitrogens with one attached hydrogen (secondary N) is 1. The largest absolute Gasteiger partial charge is 0.454 e. The van der Waals surface area contributed by atoms with E-state index in [0.717, 1.165) is 64.2 Å². The molecular weight excluding hydrogens is 907 g/mol. The van der Waals surface area contributed by atoms with Crippen molar-refractivity contribution in [3.8, 4) is 0 Å². The zero-order valence-electron chi connectivity index (χ0n) is 46.8. The number of carbonyl (C=O) groups excluding carboxylic acids is 2. The van der Waals surface area contributed by atoms with Crippen LogP contribution >= 0.6 is 0 Å². The third-order valence-corrected chi connectivity index (χ3v) is 14.6. The quantitative estimate of drug-likeness (QED) is 0.0195. The fourth-order valence-electron chi connectivity index (χ4n) is 9.71. The Kier molecular flexibility index (Phi) is 47.3. The van der Waals surface area contributed by atoms with Crippen LogP contribution in [0.5, 0.6) is 0 Å². The summed E-state index contributed by atoms with van der Waals surface area (Å²) >= 11 is 0. The van der Waals surface area contributed by atoms with E-state index >= 15 is 0 Å². The third kappa shape index (κ3) is 37.8. The molecule has 1 aliphatic heterocycles. The molecule has 8 atom stereocenters. The molecule has 0 aromatic heterocycles. The van der Waals surface area contributed by atoms with Crippen molar-refractivity contribution >= 4 is 11.9 Å². The van der Waals surface area contributed by atoms with E-state index in [2.05, 4.69) is 38.2 Å². The average Bonchev–Trinajstić information content (AvgIpc) is 3.38. The minimum atomic E-state index is -1.61. The van der Waals surface area contributed by atoms with Gasteiger partial charge in [-0.15, -0.1) is 0 Å². The van der Waals surface area contributed by atoms with E-state index < -0.39 is 67.4 Å². The molecule has 0 saturated carbocycles. The molecule has 8 unspecified atom stereocenters. The molecule has 0 aromatic rings. The van der Waals surface area contributed by atoms with Gasteiger partial charge in [0.2, 0.25) is 5.91 Å². The number of carbonyl (C=O) groups is 2. The maximum Gasteiger partial charge on any atom is 0.306 e. The highest BCUT2D eigenvalue weighted by atomic mass is 16.7. The maximum atomic E-state index is 13.4. The van der Waals surface area contributed by atoms with E-state index in [0.29, 0.717) is 19.3 Å². The first-order valence-electron chi connectivity index (χ1n) is 30.6. The molecule has 1 amide bonds. The van der Waals surface area contributed by atoms with E-state index in [4.69, 9.17) is 14.2 Å². The highest BCUT2D eigenvalue weighted by Crippen LogP contribution is 2.26. The number of allylic oxidation sites excluding steroid dienone is 3. The van der Waals surface area contributed by atoms with Crippen LogP contribution in [-0.4, -0.2) is 99.6 Å². The molecule has 0 bridgehead atoms. The molecule has 1 rings (SSSR count). The topological polar surface area (TPSA) is 175 Å². The average molecular weight is 1020 g/mol. The van der Waals surface area contributed by atoms with Crippen LogP contribution in [0, 0.1) is 0 Å². The number of hydrogen-bond acceptors (Lipinski definition) is 10. The molecule has 424 valence electrons. The van der Waals surface area contributed by atoms with Gasteiger partial charge in [-0.1, -0.05) is 257 Å². The molecule has 72 heavy (non-hydrogen) atoms. The summed E-state index contributed by atoms with van der Waals surface area (Å²) in [6.07, 6.45) is 46.5. The van der Waals surface area contributed by atoms with Crippen LogP contribution in [0.15, 0.2) is 24.3 Å². The fraction of sp³-hybridized carbons (Fsp3) is 0.902. The first-order chi connectivity index (χ1) is 35.2. The minimum Gasteiger partial charge on any atom is -0.454 e. The number of amides is 1. The Hall–Kier alpha value is -1.86. The van der Waals surface area contributed by atoms with Crippen molar-refractivity contribution in [3.05, 3.63) is 24.3 Å². The molecule has 0 radical (unpaired) electrons. The van der Waals surface area contributed by atoms with Gasteiger partial charge in [-0.3, -0.25) is 9.59 Å². The number of esters is 1. The molecule has 11 nitrogen and oxygen atoms in total. The van der Waals surface area contributed by atoms with Gasteiger partial charge in [0.25, 0.3) is 0 Å². The summed E-state index contributed by atoms with van der Waals surface area (Å²) in [5, 5.41) is 56.9. The Labute approximate surface area is 441 Å². The standard InChI is InChI=1S/C61H115NO10/c1-4-7-10-13-16-19-22-24-26-27-28-29-30-33-36-39-42-45-48-54(65)60(69)62-52(53(64)47-44-41-38-35-32-21-18-15-12-9-6-3)51-70-61-59(58(68)57(67)55(50-63)71-61)72-56(66)49-46-43-40-37-34-31-25-23-20-17-14-11-8-5-2/h31,34,44,47,52-55,57-59,61,63-65,67-68H,4-30,32-33,35-43,45-46,48-51H2,1-3H3,(H,62,69)/b34-31-,47-44+. The molecule has 6 N–H and O–H groups in total. The highest BCUT2D eigenvalue weighted by Gasteiger charge is 2.47. The second kappa shape index (κ2) is 50.0. The van der Waals surface area contributed by atoms with Crippen LogP contribution < -0.4 is 5.32 Å². The van der Waals surface area contributed by atoms with Crippen molar-refractivity contribution in [2.45, 2.75) is 339 Å². The van der Waals surface area contributed by atoms with E-state index in [1.807, 2.05) is 6.08 Å². The van der Waals surface area contributed by atoms with Crippen LogP contribution in [0.25, 0.3) is 0 Å². The lowest BCUT2D eigenvalue weighted by molar-refractivity contribution is -0.305. The van der Waals surface area contributed by atoms with E-state index in [1.165, 1.54) is 180 Å². The Morgan fingerprint density at radius 1 is 0.528 bits per heavy atom. The van der Waals surface area contributed by atoms with Crippen LogP contribution in [0.4, 0.5) is 0 Å². The lowest BCUT2D eigenvalue weighted by Gasteiger charge is -2.41. The van der Waals surface area contributed by atoms with Crippen molar-refractivity contribution in [2.24, 2.45) is 0 Å². The van der Waals surface area contributed by atoms with Gasteiger partial charge in [-0.2, -0.15) is 0 Å². The molecule has 11 heteroatoms. The molecule has 0 spiro atoms. The fourth-order valence-corrected chi connectivity index (χ4v) is 9.71. The van der Waals surface area contributed by atoms with Gasteiger partial charge in [0.1, 0.15) is 24.4 Å². The number of hydrogen-bond donors (Lipinski definition) is 6. The summed E-state index contributed by atoms with van der Waals surface area (Å²) in [6, 6.07) is -1.02. The van der Waals surface area contributed by atoms with Gasteiger partial charge in [0, 0.05) is 6.42 Å². The Morgan fingerprint density at radius 3 is 1.35 bits per heavy atom. The first kappa shape index (κ1) is 68.2. The molecule has 1 heterocycles. The summed E-state index contributed by atoms with van der Waals surface area (Å²) in [5.41, 5.74) is 0. The van der Waals surface area contributed by atoms with Crippen LogP contribution in [0.3, 0.4) is 0 Å². The normalized spacial score (nSPS) is 19.6. The predicted octanol–water partition coefficient (Wildman–Crippen LogP) is 14.1. The van der Waals surface area contributed by atoms with Gasteiger partial charge < -0.3 is 45.1 Å². The van der Waals surface area contributed by atoms with Gasteiger partial charge in [-0.25, -0.2) is 0 Å². The first-order valence-corrected chi connectivity index (χ1v) is 30.6. The zero-order valence-corrected chi connectivity index (χ0v) is 46.8. The lowest BCUT2D eigenvalue weighted by Crippen LogP contribution is -2.61. The second-order valence-electron chi connectivity index (χ2n) is 21.4. The Morgan fingerprint density at radius 2 is 0.917 bits per heavy atom. The smallest absolute Gasteiger partial charge is 0.306 e. The molecule has 1 fully saturated rings. The van der Waals surface area contributed by atoms with E-state index in [-0.39, 0.29) is 13.0 Å². The van der Waals surface area contributed by atoms with Crippen molar-refractivity contribution in [1.29, 1.82) is 0 Å². The van der Waals surface area contributed by atoms with Crippen molar-refractivity contribution in [3.63, 3.8) is 0 Å². The highest BCUT2D eigenvalue weighted by molar-refractivity contribution is 5.80. The number of ether oxygens (including phenoxy) is 3. The predicted molar refractivity (Wildman–Crippen MR) is 297 cm³/mol. The summed E-state index contributed by atoms with van der Waals surface area (Å²) in [4.78, 5) is 26.5. The van der Waals surface area contributed by atoms with Gasteiger partial charge in [0.05, 0.1) is 25.4 Å². The molecule has 0 aromatic carbocycles. The van der Waals surface area contributed by atoms with Gasteiger partial charge in [0.15, 0.2) is 12.4 Å². The van der Waals surface area contributed by atoms with Gasteiger partial charge in [-0.05, 0) is 51.4 Å². The maximum absolute atomic E-state index is 13.4. The summed E-state index contributed by atoms with van der Waals surface area (Å²) in [6.45, 7) is 5.79. The SMILES string of the molecule is CCCCCCCCC/C=C\CCCCCC(=O)OC1C(OCC(NC(=O)C(O)CCCCCCCCCCCCCCCCCCCC)C(O)/C=C/CCCCCCCCCCC)OC(CO)C(O)C1O. The van der Waals surface area contributed by atoms with Crippen molar-refractivity contribution < 1.29 is 49.3 Å². The monoisotopic (exact) mass is 1020 g/mol. The minimum absolute atomic E-state index is 0.107. The van der Waals surface area contributed by atoms with E-state index in [1.54, 1.807) is 6.08 Å². The third-order valence-electron chi connectivity index (χ3n) is 14.6. The number of aliphatic hydroxyl groups is 5. The molecule has 1 saturated heterocycles. The lowest BCUT2D eigenvalue weighted by atomic mass is 9.99. The zero-order chi connectivity index (χ0) is 52.5. The molecule has 1 aliphatic rings. The Bertz CT molecular complexity index is 1270. The summed E-state index contributed by atoms with van der Waals surface area (Å²) in [5.74, 6) is -1.20. The van der Waals surface area contributed by atoms with Gasteiger partial charge >= 0.3 is 5.97 Å². The second-order valence-corrected chi connectivity index (χ2v) is 21.4. The van der Waals surface area contributed by atoms with Crippen molar-refractivity contribution in [1.82, 2.24) is 5.32 Å². The number of unbranched alkanes of at least 4 members (excludes halogenated alkanes) is 36. The molecule has 0 aliphatic carbocycles. The van der Waals surface area contributed by atoms with Crippen LogP contribution in [0.1, 0.15) is 290 Å². The van der Waals surface area contributed by atoms with Crippen molar-refractivity contribution in [2.75, 3.05) is 13.2 Å². The number of aliphatic hydroxyl groups excluding tert-OH is 5. The van der Waals surface area contributed by atoms with E-state index in [9.17, 15) is 35.1 Å². The number of rotatable bonds is 52. The summed E-state index contributed by atoms with van der Waals surface area (Å²) < 4.78 is 17.6. The molecular formula is C61H115NO10. The summed E-state index contributed by atoms with van der Waals surface area (Å²) in [7, 11) is 0. The van der Waals surface area contributed by atoms with Crippen LogP contribution in [-0.2, 0) is 23.8 Å². The van der Waals surface area contributed by atoms with Crippen LogP contribution in [0.2, 0.25) is 0 Å². The Balaban J connectivity index is 2.67.